The van der Waals surface area contributed by atoms with Crippen molar-refractivity contribution in [3.63, 3.8) is 0 Å². The molecule has 1 aliphatic rings. The SMILES string of the molecule is CN1C[C@@H](NC(=O)OC(C)(C)C)C[C@@H](Nc2ncc(Cl)c(-c3cn(-c4ccccc4)c4ccccc34)n2)C1. The fourth-order valence-corrected chi connectivity index (χ4v) is 5.17. The van der Waals surface area contributed by atoms with Crippen LogP contribution in [-0.4, -0.2) is 63.4 Å². The van der Waals surface area contributed by atoms with Crippen molar-refractivity contribution in [1.29, 1.82) is 0 Å². The van der Waals surface area contributed by atoms with Gasteiger partial charge >= 0.3 is 6.09 Å². The molecule has 9 heteroatoms. The van der Waals surface area contributed by atoms with E-state index in [1.165, 1.54) is 0 Å². The number of hydrogen-bond acceptors (Lipinski definition) is 6. The van der Waals surface area contributed by atoms with E-state index in [0.717, 1.165) is 41.7 Å². The van der Waals surface area contributed by atoms with Gasteiger partial charge in [-0.05, 0) is 52.4 Å². The maximum atomic E-state index is 12.3. The van der Waals surface area contributed by atoms with E-state index in [-0.39, 0.29) is 12.1 Å². The minimum absolute atomic E-state index is 0.0355. The largest absolute Gasteiger partial charge is 0.444 e. The molecule has 2 atom stereocenters. The number of hydrogen-bond donors (Lipinski definition) is 2. The monoisotopic (exact) mass is 532 g/mol. The first-order valence-electron chi connectivity index (χ1n) is 12.8. The van der Waals surface area contributed by atoms with E-state index >= 15 is 0 Å². The van der Waals surface area contributed by atoms with Crippen LogP contribution in [0.15, 0.2) is 67.0 Å². The summed E-state index contributed by atoms with van der Waals surface area (Å²) in [5.74, 6) is 0.497. The van der Waals surface area contributed by atoms with Gasteiger partial charge in [0.05, 0.1) is 22.4 Å². The van der Waals surface area contributed by atoms with E-state index in [0.29, 0.717) is 16.7 Å². The van der Waals surface area contributed by atoms with Crippen LogP contribution in [0.2, 0.25) is 5.02 Å². The second-order valence-corrected chi connectivity index (χ2v) is 11.2. The molecule has 1 saturated heterocycles. The zero-order chi connectivity index (χ0) is 26.9. The number of benzene rings is 2. The highest BCUT2D eigenvalue weighted by atomic mass is 35.5. The number of aromatic nitrogens is 3. The number of halogens is 1. The number of likely N-dealkylation sites (tertiary alicyclic amines) is 1. The predicted molar refractivity (Wildman–Crippen MR) is 152 cm³/mol. The molecule has 0 saturated carbocycles. The lowest BCUT2D eigenvalue weighted by Crippen LogP contribution is -2.53. The number of amides is 1. The molecule has 2 N–H and O–H groups in total. The molecule has 0 spiro atoms. The summed E-state index contributed by atoms with van der Waals surface area (Å²) in [5.41, 5.74) is 3.20. The highest BCUT2D eigenvalue weighted by molar-refractivity contribution is 6.33. The Labute approximate surface area is 228 Å². The van der Waals surface area contributed by atoms with Gasteiger partial charge in [0.2, 0.25) is 5.95 Å². The maximum Gasteiger partial charge on any atom is 0.407 e. The number of alkyl carbamates (subject to hydrolysis) is 1. The number of anilines is 1. The molecule has 3 heterocycles. The number of nitrogens with one attached hydrogen (secondary N) is 2. The third-order valence-corrected chi connectivity index (χ3v) is 6.71. The molecular formula is C29H33ClN6O2. The third-order valence-electron chi connectivity index (χ3n) is 6.43. The van der Waals surface area contributed by atoms with Gasteiger partial charge in [0, 0.05) is 48.0 Å². The Bertz CT molecular complexity index is 1430. The molecule has 2 aromatic carbocycles. The summed E-state index contributed by atoms with van der Waals surface area (Å²) in [6, 6.07) is 18.4. The number of nitrogens with zero attached hydrogens (tertiary/aromatic N) is 4. The van der Waals surface area contributed by atoms with Crippen molar-refractivity contribution in [1.82, 2.24) is 24.8 Å². The summed E-state index contributed by atoms with van der Waals surface area (Å²) in [5, 5.41) is 8.00. The van der Waals surface area contributed by atoms with Crippen molar-refractivity contribution >= 4 is 34.5 Å². The normalized spacial score (nSPS) is 18.3. The van der Waals surface area contributed by atoms with Gasteiger partial charge in [-0.25, -0.2) is 14.8 Å². The van der Waals surface area contributed by atoms with E-state index in [4.69, 9.17) is 21.3 Å². The van der Waals surface area contributed by atoms with Gasteiger partial charge in [-0.15, -0.1) is 0 Å². The zero-order valence-electron chi connectivity index (χ0n) is 22.1. The molecule has 8 nitrogen and oxygen atoms in total. The Kier molecular flexibility index (Phi) is 7.27. The average molecular weight is 533 g/mol. The molecule has 0 unspecified atom stereocenters. The Balaban J connectivity index is 1.40. The summed E-state index contributed by atoms with van der Waals surface area (Å²) in [6.07, 6.45) is 4.03. The van der Waals surface area contributed by atoms with Crippen molar-refractivity contribution in [3.8, 4) is 16.9 Å². The number of ether oxygens (including phenoxy) is 1. The second-order valence-electron chi connectivity index (χ2n) is 10.8. The molecule has 38 heavy (non-hydrogen) atoms. The van der Waals surface area contributed by atoms with Gasteiger partial charge in [0.15, 0.2) is 0 Å². The summed E-state index contributed by atoms with van der Waals surface area (Å²) in [4.78, 5) is 23.8. The van der Waals surface area contributed by atoms with E-state index in [1.54, 1.807) is 6.20 Å². The number of fused-ring (bicyclic) bond motifs is 1. The zero-order valence-corrected chi connectivity index (χ0v) is 22.9. The molecule has 198 valence electrons. The third kappa shape index (κ3) is 5.92. The smallest absolute Gasteiger partial charge is 0.407 e. The highest BCUT2D eigenvalue weighted by Crippen LogP contribution is 2.35. The lowest BCUT2D eigenvalue weighted by atomic mass is 10.0. The quantitative estimate of drug-likeness (QED) is 0.340. The van der Waals surface area contributed by atoms with Crippen molar-refractivity contribution in [2.45, 2.75) is 44.9 Å². The molecule has 0 bridgehead atoms. The van der Waals surface area contributed by atoms with Crippen LogP contribution >= 0.6 is 11.6 Å². The van der Waals surface area contributed by atoms with E-state index in [9.17, 15) is 4.79 Å². The van der Waals surface area contributed by atoms with Crippen molar-refractivity contribution in [2.24, 2.45) is 0 Å². The first kappa shape index (κ1) is 26.0. The van der Waals surface area contributed by atoms with Gasteiger partial charge in [0.25, 0.3) is 0 Å². The Hall–Kier alpha value is -3.62. The molecule has 0 aliphatic carbocycles. The lowest BCUT2D eigenvalue weighted by molar-refractivity contribution is 0.0476. The summed E-state index contributed by atoms with van der Waals surface area (Å²) in [6.45, 7) is 7.11. The molecule has 0 radical (unpaired) electrons. The number of likely N-dealkylation sites (N-methyl/N-ethyl adjacent to an activating group) is 1. The minimum atomic E-state index is -0.542. The molecule has 1 aliphatic heterocycles. The molecule has 5 rings (SSSR count). The molecular weight excluding hydrogens is 500 g/mol. The standard InChI is InChI=1S/C29H33ClN6O2/c1-29(2,3)38-28(37)33-20-14-19(16-35(4)17-20)32-27-31-15-24(30)26(34-27)23-18-36(21-10-6-5-7-11-21)25-13-9-8-12-22(23)25/h5-13,15,18-20H,14,16-17H2,1-4H3,(H,33,37)(H,31,32,34)/t19-,20+/m1/s1. The highest BCUT2D eigenvalue weighted by Gasteiger charge is 2.29. The second kappa shape index (κ2) is 10.6. The van der Waals surface area contributed by atoms with Crippen LogP contribution in [0.25, 0.3) is 27.8 Å². The van der Waals surface area contributed by atoms with Crippen LogP contribution in [0.4, 0.5) is 10.7 Å². The predicted octanol–water partition coefficient (Wildman–Crippen LogP) is 5.75. The number of para-hydroxylation sites is 2. The number of rotatable bonds is 5. The lowest BCUT2D eigenvalue weighted by Gasteiger charge is -2.36. The van der Waals surface area contributed by atoms with Crippen LogP contribution in [0.1, 0.15) is 27.2 Å². The Morgan fingerprint density at radius 3 is 2.53 bits per heavy atom. The summed E-state index contributed by atoms with van der Waals surface area (Å²) >= 11 is 6.65. The molecule has 1 amide bonds. The Morgan fingerprint density at radius 1 is 1.05 bits per heavy atom. The van der Waals surface area contributed by atoms with Gasteiger partial charge in [-0.2, -0.15) is 0 Å². The molecule has 4 aromatic rings. The van der Waals surface area contributed by atoms with Crippen LogP contribution in [0.3, 0.4) is 0 Å². The van der Waals surface area contributed by atoms with Crippen LogP contribution in [0.5, 0.6) is 0 Å². The van der Waals surface area contributed by atoms with Gasteiger partial charge in [-0.3, -0.25) is 0 Å². The first-order chi connectivity index (χ1) is 18.2. The van der Waals surface area contributed by atoms with Crippen LogP contribution in [0, 0.1) is 0 Å². The van der Waals surface area contributed by atoms with Crippen molar-refractivity contribution < 1.29 is 9.53 Å². The van der Waals surface area contributed by atoms with Crippen LogP contribution in [-0.2, 0) is 4.74 Å². The summed E-state index contributed by atoms with van der Waals surface area (Å²) in [7, 11) is 2.03. The van der Waals surface area contributed by atoms with Crippen LogP contribution < -0.4 is 10.6 Å². The molecule has 2 aromatic heterocycles. The van der Waals surface area contributed by atoms with E-state index in [1.807, 2.05) is 58.2 Å². The van der Waals surface area contributed by atoms with Gasteiger partial charge in [-0.1, -0.05) is 48.0 Å². The fourth-order valence-electron chi connectivity index (χ4n) is 4.98. The topological polar surface area (TPSA) is 84.3 Å². The number of piperidine rings is 1. The number of carbonyl (C=O) groups excluding carboxylic acids is 1. The van der Waals surface area contributed by atoms with E-state index < -0.39 is 11.7 Å². The van der Waals surface area contributed by atoms with Gasteiger partial charge in [0.1, 0.15) is 5.60 Å². The average Bonchev–Trinajstić information content (AvgIpc) is 3.24. The fraction of sp³-hybridized carbons (Fsp3) is 0.345. The van der Waals surface area contributed by atoms with Gasteiger partial charge < -0.3 is 24.8 Å². The number of carbonyl (C=O) groups is 1. The summed E-state index contributed by atoms with van der Waals surface area (Å²) < 4.78 is 7.60. The van der Waals surface area contributed by atoms with Crippen molar-refractivity contribution in [2.75, 3.05) is 25.5 Å². The van der Waals surface area contributed by atoms with E-state index in [2.05, 4.69) is 55.5 Å². The Morgan fingerprint density at radius 2 is 1.76 bits per heavy atom. The molecule has 1 fully saturated rings. The van der Waals surface area contributed by atoms with Crippen molar-refractivity contribution in [3.05, 3.63) is 72.0 Å². The minimum Gasteiger partial charge on any atom is -0.444 e. The first-order valence-corrected chi connectivity index (χ1v) is 13.2. The maximum absolute atomic E-state index is 12.3.